The second kappa shape index (κ2) is 8.44. The highest BCUT2D eigenvalue weighted by atomic mass is 32.2. The van der Waals surface area contributed by atoms with Crippen molar-refractivity contribution in [1.29, 1.82) is 0 Å². The first-order chi connectivity index (χ1) is 12.6. The van der Waals surface area contributed by atoms with Crippen LogP contribution in [-0.2, 0) is 23.0 Å². The van der Waals surface area contributed by atoms with Crippen molar-refractivity contribution in [2.45, 2.75) is 13.0 Å². The van der Waals surface area contributed by atoms with Crippen LogP contribution in [0, 0.1) is 0 Å². The molecular formula is C19H20N4O2S. The fourth-order valence-corrected chi connectivity index (χ4v) is 3.47. The molecule has 26 heavy (non-hydrogen) atoms. The molecule has 0 amide bonds. The average Bonchev–Trinajstić information content (AvgIpc) is 2.67. The van der Waals surface area contributed by atoms with E-state index in [4.69, 9.17) is 0 Å². The van der Waals surface area contributed by atoms with Gasteiger partial charge in [-0.15, -0.1) is 0 Å². The first-order valence-electron chi connectivity index (χ1n) is 8.24. The van der Waals surface area contributed by atoms with Crippen LogP contribution in [0.1, 0.15) is 11.1 Å². The van der Waals surface area contributed by atoms with Gasteiger partial charge in [0.15, 0.2) is 0 Å². The normalized spacial score (nSPS) is 11.1. The lowest BCUT2D eigenvalue weighted by Gasteiger charge is -2.09. The molecule has 0 atom stereocenters. The van der Waals surface area contributed by atoms with Gasteiger partial charge in [0.2, 0.25) is 10.0 Å². The summed E-state index contributed by atoms with van der Waals surface area (Å²) in [5.74, 6) is 0.693. The number of rotatable bonds is 8. The molecule has 3 rings (SSSR count). The lowest BCUT2D eigenvalue weighted by atomic mass is 10.2. The van der Waals surface area contributed by atoms with Crippen molar-refractivity contribution in [3.8, 4) is 0 Å². The summed E-state index contributed by atoms with van der Waals surface area (Å²) < 4.78 is 27.0. The Morgan fingerprint density at radius 3 is 2.38 bits per heavy atom. The Morgan fingerprint density at radius 1 is 0.885 bits per heavy atom. The van der Waals surface area contributed by atoms with E-state index in [2.05, 4.69) is 20.0 Å². The number of sulfonamides is 1. The molecule has 0 saturated carbocycles. The zero-order valence-corrected chi connectivity index (χ0v) is 15.0. The van der Waals surface area contributed by atoms with Crippen LogP contribution in [0.25, 0.3) is 0 Å². The number of hydrogen-bond acceptors (Lipinski definition) is 5. The predicted octanol–water partition coefficient (Wildman–Crippen LogP) is 3.07. The van der Waals surface area contributed by atoms with Gasteiger partial charge in [-0.05, 0) is 35.7 Å². The highest BCUT2D eigenvalue weighted by Crippen LogP contribution is 2.13. The second-order valence-corrected chi connectivity index (χ2v) is 7.65. The van der Waals surface area contributed by atoms with Crippen molar-refractivity contribution in [2.24, 2.45) is 0 Å². The van der Waals surface area contributed by atoms with E-state index in [1.54, 1.807) is 24.5 Å². The maximum Gasteiger partial charge on any atom is 0.233 e. The third-order valence-corrected chi connectivity index (χ3v) is 5.02. The van der Waals surface area contributed by atoms with Gasteiger partial charge in [-0.25, -0.2) is 13.4 Å². The zero-order valence-electron chi connectivity index (χ0n) is 14.2. The molecule has 0 aliphatic rings. The monoisotopic (exact) mass is 368 g/mol. The summed E-state index contributed by atoms with van der Waals surface area (Å²) in [6.07, 6.45) is 5.47. The molecule has 0 aliphatic heterocycles. The Labute approximate surface area is 153 Å². The number of aryl methyl sites for hydroxylation is 1. The summed E-state index contributed by atoms with van der Waals surface area (Å²) in [5.41, 5.74) is 2.48. The van der Waals surface area contributed by atoms with E-state index in [9.17, 15) is 8.42 Å². The zero-order chi connectivity index (χ0) is 18.2. The number of aromatic nitrogens is 2. The van der Waals surface area contributed by atoms with Gasteiger partial charge < -0.3 is 5.32 Å². The Morgan fingerprint density at radius 2 is 1.69 bits per heavy atom. The molecule has 0 saturated heterocycles. The smallest absolute Gasteiger partial charge is 0.233 e. The van der Waals surface area contributed by atoms with Gasteiger partial charge in [-0.2, -0.15) is 0 Å². The Kier molecular flexibility index (Phi) is 5.80. The van der Waals surface area contributed by atoms with Crippen molar-refractivity contribution in [3.05, 3.63) is 84.3 Å². The number of nitrogens with one attached hydrogen (secondary N) is 2. The Hall–Kier alpha value is -2.93. The van der Waals surface area contributed by atoms with Crippen LogP contribution in [0.5, 0.6) is 0 Å². The number of benzene rings is 1. The van der Waals surface area contributed by atoms with E-state index < -0.39 is 10.0 Å². The summed E-state index contributed by atoms with van der Waals surface area (Å²) in [5, 5.41) is 3.17. The topological polar surface area (TPSA) is 84.0 Å². The molecule has 134 valence electrons. The van der Waals surface area contributed by atoms with E-state index in [0.717, 1.165) is 11.1 Å². The number of anilines is 2. The molecule has 0 aliphatic carbocycles. The van der Waals surface area contributed by atoms with Gasteiger partial charge in [0.25, 0.3) is 0 Å². The molecule has 0 spiro atoms. The van der Waals surface area contributed by atoms with Crippen LogP contribution in [0.2, 0.25) is 0 Å². The maximum absolute atomic E-state index is 12.2. The maximum atomic E-state index is 12.2. The molecule has 3 aromatic rings. The molecule has 6 nitrogen and oxygen atoms in total. The molecule has 0 bridgehead atoms. The largest absolute Gasteiger partial charge is 0.366 e. The van der Waals surface area contributed by atoms with Crippen molar-refractivity contribution in [3.63, 3.8) is 0 Å². The highest BCUT2D eigenvalue weighted by Gasteiger charge is 2.11. The molecule has 0 radical (unpaired) electrons. The van der Waals surface area contributed by atoms with Gasteiger partial charge in [0, 0.05) is 18.9 Å². The SMILES string of the molecule is O=S(=O)(CCc1ccccc1)Nc1ccc(NCc2cccnc2)nc1. The van der Waals surface area contributed by atoms with Gasteiger partial charge in [-0.3, -0.25) is 9.71 Å². The number of nitrogens with zero attached hydrogens (tertiary/aromatic N) is 2. The van der Waals surface area contributed by atoms with Crippen molar-refractivity contribution in [2.75, 3.05) is 15.8 Å². The quantitative estimate of drug-likeness (QED) is 0.638. The van der Waals surface area contributed by atoms with Gasteiger partial charge in [0.05, 0.1) is 17.6 Å². The lowest BCUT2D eigenvalue weighted by Crippen LogP contribution is -2.18. The Bertz CT molecular complexity index is 915. The molecule has 7 heteroatoms. The summed E-state index contributed by atoms with van der Waals surface area (Å²) >= 11 is 0. The summed E-state index contributed by atoms with van der Waals surface area (Å²) in [7, 11) is -3.42. The number of hydrogen-bond donors (Lipinski definition) is 2. The van der Waals surface area contributed by atoms with E-state index in [0.29, 0.717) is 24.5 Å². The van der Waals surface area contributed by atoms with Crippen LogP contribution in [0.15, 0.2) is 73.2 Å². The van der Waals surface area contributed by atoms with Crippen LogP contribution in [0.4, 0.5) is 11.5 Å². The first kappa shape index (κ1) is 17.9. The molecule has 1 aromatic carbocycles. The van der Waals surface area contributed by atoms with E-state index >= 15 is 0 Å². The minimum absolute atomic E-state index is 0.0258. The van der Waals surface area contributed by atoms with Crippen molar-refractivity contribution in [1.82, 2.24) is 9.97 Å². The second-order valence-electron chi connectivity index (χ2n) is 5.80. The summed E-state index contributed by atoms with van der Waals surface area (Å²) in [6.45, 7) is 0.600. The van der Waals surface area contributed by atoms with E-state index in [1.807, 2.05) is 42.5 Å². The predicted molar refractivity (Wildman–Crippen MR) is 103 cm³/mol. The minimum Gasteiger partial charge on any atom is -0.366 e. The van der Waals surface area contributed by atoms with E-state index in [-0.39, 0.29) is 5.75 Å². The fourth-order valence-electron chi connectivity index (χ4n) is 2.38. The number of pyridine rings is 2. The van der Waals surface area contributed by atoms with E-state index in [1.165, 1.54) is 6.20 Å². The molecular weight excluding hydrogens is 348 g/mol. The van der Waals surface area contributed by atoms with Crippen LogP contribution < -0.4 is 10.0 Å². The molecule has 2 heterocycles. The molecule has 2 aromatic heterocycles. The molecule has 2 N–H and O–H groups in total. The van der Waals surface area contributed by atoms with Gasteiger partial charge >= 0.3 is 0 Å². The molecule has 0 fully saturated rings. The average molecular weight is 368 g/mol. The third kappa shape index (κ3) is 5.56. The fraction of sp³-hybridized carbons (Fsp3) is 0.158. The minimum atomic E-state index is -3.42. The molecule has 0 unspecified atom stereocenters. The standard InChI is InChI=1S/C19H20N4O2S/c24-26(25,12-10-16-5-2-1-3-6-16)23-18-8-9-19(22-15-18)21-14-17-7-4-11-20-13-17/h1-9,11,13,15,23H,10,12,14H2,(H,21,22). The van der Waals surface area contributed by atoms with Crippen LogP contribution in [-0.4, -0.2) is 24.1 Å². The Balaban J connectivity index is 1.53. The highest BCUT2D eigenvalue weighted by molar-refractivity contribution is 7.92. The lowest BCUT2D eigenvalue weighted by molar-refractivity contribution is 0.600. The van der Waals surface area contributed by atoms with Crippen LogP contribution >= 0.6 is 0 Å². The third-order valence-electron chi connectivity index (χ3n) is 3.74. The summed E-state index contributed by atoms with van der Waals surface area (Å²) in [6, 6.07) is 16.8. The summed E-state index contributed by atoms with van der Waals surface area (Å²) in [4.78, 5) is 8.29. The van der Waals surface area contributed by atoms with Crippen molar-refractivity contribution >= 4 is 21.5 Å². The van der Waals surface area contributed by atoms with Gasteiger partial charge in [0.1, 0.15) is 5.82 Å². The first-order valence-corrected chi connectivity index (χ1v) is 9.89. The van der Waals surface area contributed by atoms with Gasteiger partial charge in [-0.1, -0.05) is 36.4 Å². The van der Waals surface area contributed by atoms with Crippen molar-refractivity contribution < 1.29 is 8.42 Å². The van der Waals surface area contributed by atoms with Crippen LogP contribution in [0.3, 0.4) is 0 Å².